The lowest BCUT2D eigenvalue weighted by Crippen LogP contribution is -2.57. The second-order valence-corrected chi connectivity index (χ2v) is 5.67. The molecule has 1 aliphatic carbocycles. The lowest BCUT2D eigenvalue weighted by Gasteiger charge is -2.49. The number of anilines is 2. The van der Waals surface area contributed by atoms with Crippen molar-refractivity contribution in [2.75, 3.05) is 10.7 Å². The predicted molar refractivity (Wildman–Crippen MR) is 76.6 cm³/mol. The minimum absolute atomic E-state index is 0.0937. The maximum absolute atomic E-state index is 9.79. The van der Waals surface area contributed by atoms with E-state index in [2.05, 4.69) is 30.7 Å². The van der Waals surface area contributed by atoms with E-state index in [0.717, 1.165) is 0 Å². The summed E-state index contributed by atoms with van der Waals surface area (Å²) in [7, 11) is 0. The Morgan fingerprint density at radius 1 is 1.33 bits per heavy atom. The van der Waals surface area contributed by atoms with E-state index in [1.165, 1.54) is 0 Å². The molecule has 21 heavy (non-hydrogen) atoms. The first kappa shape index (κ1) is 13.7. The van der Waals surface area contributed by atoms with Gasteiger partial charge in [0.2, 0.25) is 17.8 Å². The summed E-state index contributed by atoms with van der Waals surface area (Å²) in [6.07, 6.45) is 5.30. The highest BCUT2D eigenvalue weighted by molar-refractivity contribution is 5.39. The van der Waals surface area contributed by atoms with Crippen molar-refractivity contribution < 1.29 is 5.11 Å². The number of hydrazine groups is 1. The maximum Gasteiger partial charge on any atom is 0.243 e. The number of aliphatic hydroxyl groups excluding tert-OH is 1. The van der Waals surface area contributed by atoms with Crippen molar-refractivity contribution in [3.63, 3.8) is 0 Å². The Kier molecular flexibility index (Phi) is 3.22. The fraction of sp³-hybridized carbons (Fsp3) is 0.500. The molecule has 1 fully saturated rings. The Labute approximate surface area is 121 Å². The van der Waals surface area contributed by atoms with Crippen molar-refractivity contribution >= 4 is 11.9 Å². The number of hydrogen-bond donors (Lipinski definition) is 4. The lowest BCUT2D eigenvalue weighted by atomic mass is 9.65. The summed E-state index contributed by atoms with van der Waals surface area (Å²) in [5.74, 6) is 6.48. The van der Waals surface area contributed by atoms with Crippen LogP contribution >= 0.6 is 0 Å². The Morgan fingerprint density at radius 2 is 2.10 bits per heavy atom. The summed E-state index contributed by atoms with van der Waals surface area (Å²) in [6.45, 7) is 4.00. The van der Waals surface area contributed by atoms with Crippen LogP contribution in [0, 0.1) is 5.41 Å². The molecular formula is C12H18N8O. The van der Waals surface area contributed by atoms with E-state index in [9.17, 15) is 5.11 Å². The molecule has 1 saturated carbocycles. The van der Waals surface area contributed by atoms with Crippen LogP contribution in [-0.2, 0) is 0 Å². The van der Waals surface area contributed by atoms with Crippen molar-refractivity contribution in [3.8, 4) is 5.95 Å². The third-order valence-corrected chi connectivity index (χ3v) is 4.01. The van der Waals surface area contributed by atoms with Crippen molar-refractivity contribution in [3.05, 3.63) is 18.7 Å². The summed E-state index contributed by atoms with van der Waals surface area (Å²) in [6, 6.07) is 0.0937. The topological polar surface area (TPSA) is 127 Å². The first-order valence-electron chi connectivity index (χ1n) is 6.66. The molecular weight excluding hydrogens is 272 g/mol. The van der Waals surface area contributed by atoms with Gasteiger partial charge in [-0.1, -0.05) is 13.8 Å². The molecule has 2 heterocycles. The lowest BCUT2D eigenvalue weighted by molar-refractivity contribution is -0.0512. The van der Waals surface area contributed by atoms with Crippen LogP contribution < -0.4 is 16.6 Å². The van der Waals surface area contributed by atoms with Crippen LogP contribution in [-0.4, -0.2) is 41.8 Å². The molecule has 3 rings (SSSR count). The molecule has 0 aromatic carbocycles. The summed E-state index contributed by atoms with van der Waals surface area (Å²) in [4.78, 5) is 16.7. The van der Waals surface area contributed by atoms with E-state index in [0.29, 0.717) is 18.3 Å². The molecule has 0 amide bonds. The van der Waals surface area contributed by atoms with E-state index >= 15 is 0 Å². The molecule has 9 nitrogen and oxygen atoms in total. The highest BCUT2D eigenvalue weighted by Gasteiger charge is 2.47. The Balaban J connectivity index is 1.87. The molecule has 2 aromatic rings. The number of imidazole rings is 1. The van der Waals surface area contributed by atoms with Crippen molar-refractivity contribution in [2.24, 2.45) is 11.3 Å². The van der Waals surface area contributed by atoms with Gasteiger partial charge in [-0.15, -0.1) is 0 Å². The molecule has 0 radical (unpaired) electrons. The van der Waals surface area contributed by atoms with E-state index in [1.807, 2.05) is 13.8 Å². The quantitative estimate of drug-likeness (QED) is 0.454. The summed E-state index contributed by atoms with van der Waals surface area (Å²) >= 11 is 0. The molecule has 2 atom stereocenters. The van der Waals surface area contributed by atoms with E-state index in [-0.39, 0.29) is 23.5 Å². The number of nitrogens with zero attached hydrogens (tertiary/aromatic N) is 5. The number of nitrogen functional groups attached to an aromatic ring is 1. The summed E-state index contributed by atoms with van der Waals surface area (Å²) in [5.41, 5.74) is 2.20. The number of nitrogens with two attached hydrogens (primary N) is 1. The first-order valence-corrected chi connectivity index (χ1v) is 6.66. The van der Waals surface area contributed by atoms with Gasteiger partial charge < -0.3 is 10.4 Å². The summed E-state index contributed by atoms with van der Waals surface area (Å²) < 4.78 is 1.66. The van der Waals surface area contributed by atoms with Crippen LogP contribution in [0.2, 0.25) is 0 Å². The highest BCUT2D eigenvalue weighted by Crippen LogP contribution is 2.41. The number of nitrogens with one attached hydrogen (secondary N) is 2. The van der Waals surface area contributed by atoms with Gasteiger partial charge in [0.1, 0.15) is 6.33 Å². The molecule has 2 aromatic heterocycles. The van der Waals surface area contributed by atoms with E-state index in [1.54, 1.807) is 23.3 Å². The molecule has 0 saturated heterocycles. The second kappa shape index (κ2) is 4.93. The molecule has 2 unspecified atom stereocenters. The van der Waals surface area contributed by atoms with Crippen LogP contribution in [0.1, 0.15) is 20.3 Å². The maximum atomic E-state index is 9.79. The molecule has 0 bridgehead atoms. The van der Waals surface area contributed by atoms with Gasteiger partial charge in [-0.3, -0.25) is 9.99 Å². The average Bonchev–Trinajstić information content (AvgIpc) is 3.01. The van der Waals surface area contributed by atoms with Crippen molar-refractivity contribution in [1.82, 2.24) is 24.5 Å². The van der Waals surface area contributed by atoms with Crippen LogP contribution in [0.3, 0.4) is 0 Å². The van der Waals surface area contributed by atoms with Crippen LogP contribution in [0.4, 0.5) is 11.9 Å². The third-order valence-electron chi connectivity index (χ3n) is 4.01. The number of hydrogen-bond acceptors (Lipinski definition) is 8. The standard InChI is InChI=1S/C12H18N8O/c1-12(2)7(5-8(12)21)15-9-16-10(19-13)18-11(17-9)20-4-3-14-6-20/h3-4,6-8,21H,5,13H2,1-2H3,(H2,15,16,17,18,19). The van der Waals surface area contributed by atoms with Gasteiger partial charge in [-0.05, 0) is 6.42 Å². The van der Waals surface area contributed by atoms with Gasteiger partial charge in [0.25, 0.3) is 0 Å². The van der Waals surface area contributed by atoms with Crippen LogP contribution in [0.15, 0.2) is 18.7 Å². The molecule has 9 heteroatoms. The number of aromatic nitrogens is 5. The van der Waals surface area contributed by atoms with Gasteiger partial charge >= 0.3 is 0 Å². The SMILES string of the molecule is CC1(C)C(O)CC1Nc1nc(NN)nc(-n2ccnc2)n1. The van der Waals surface area contributed by atoms with E-state index in [4.69, 9.17) is 5.84 Å². The van der Waals surface area contributed by atoms with Crippen molar-refractivity contribution in [2.45, 2.75) is 32.4 Å². The van der Waals surface area contributed by atoms with Gasteiger partial charge in [0.15, 0.2) is 0 Å². The normalized spacial score (nSPS) is 23.4. The second-order valence-electron chi connectivity index (χ2n) is 5.67. The highest BCUT2D eigenvalue weighted by atomic mass is 16.3. The zero-order valence-electron chi connectivity index (χ0n) is 11.9. The average molecular weight is 290 g/mol. The molecule has 5 N–H and O–H groups in total. The van der Waals surface area contributed by atoms with Crippen LogP contribution in [0.25, 0.3) is 5.95 Å². The Bertz CT molecular complexity index is 626. The molecule has 0 aliphatic heterocycles. The number of aliphatic hydroxyl groups is 1. The molecule has 112 valence electrons. The van der Waals surface area contributed by atoms with Gasteiger partial charge in [-0.25, -0.2) is 10.8 Å². The Hall–Kier alpha value is -2.26. The minimum Gasteiger partial charge on any atom is -0.392 e. The van der Waals surface area contributed by atoms with E-state index < -0.39 is 0 Å². The summed E-state index contributed by atoms with van der Waals surface area (Å²) in [5, 5.41) is 13.0. The minimum atomic E-state index is -0.322. The number of rotatable bonds is 4. The third kappa shape index (κ3) is 2.41. The van der Waals surface area contributed by atoms with Crippen LogP contribution in [0.5, 0.6) is 0 Å². The molecule has 1 aliphatic rings. The Morgan fingerprint density at radius 3 is 2.67 bits per heavy atom. The van der Waals surface area contributed by atoms with Gasteiger partial charge in [0.05, 0.1) is 6.10 Å². The van der Waals surface area contributed by atoms with Crippen molar-refractivity contribution in [1.29, 1.82) is 0 Å². The first-order chi connectivity index (χ1) is 10.0. The predicted octanol–water partition coefficient (Wildman–Crippen LogP) is -0.0858. The van der Waals surface area contributed by atoms with Gasteiger partial charge in [0, 0.05) is 23.9 Å². The smallest absolute Gasteiger partial charge is 0.243 e. The largest absolute Gasteiger partial charge is 0.392 e. The fourth-order valence-electron chi connectivity index (χ4n) is 2.29. The molecule has 0 spiro atoms. The fourth-order valence-corrected chi connectivity index (χ4v) is 2.29. The zero-order valence-corrected chi connectivity index (χ0v) is 11.9. The van der Waals surface area contributed by atoms with Gasteiger partial charge in [-0.2, -0.15) is 15.0 Å². The zero-order chi connectivity index (χ0) is 15.0. The monoisotopic (exact) mass is 290 g/mol.